The van der Waals surface area contributed by atoms with Crippen LogP contribution in [-0.2, 0) is 5.33 Å². The molecule has 2 aromatic rings. The molecule has 5 heteroatoms. The fraction of sp³-hybridized carbons (Fsp3) is 0.200. The van der Waals surface area contributed by atoms with E-state index in [0.717, 1.165) is 10.9 Å². The molecule has 0 N–H and O–H groups in total. The van der Waals surface area contributed by atoms with Crippen LogP contribution in [0.3, 0.4) is 0 Å². The number of hydrogen-bond acceptors (Lipinski definition) is 4. The Morgan fingerprint density at radius 3 is 2.53 bits per heavy atom. The van der Waals surface area contributed by atoms with E-state index in [1.165, 1.54) is 17.3 Å². The molecule has 0 saturated carbocycles. The first-order chi connectivity index (χ1) is 7.33. The topological polar surface area (TPSA) is 38.9 Å². The average Bonchev–Trinajstić information content (AvgIpc) is 2.78. The van der Waals surface area contributed by atoms with Gasteiger partial charge in [0.25, 0.3) is 5.22 Å². The molecule has 0 spiro atoms. The lowest BCUT2D eigenvalue weighted by Crippen LogP contribution is -1.80. The fourth-order valence-corrected chi connectivity index (χ4v) is 1.80. The van der Waals surface area contributed by atoms with Crippen molar-refractivity contribution in [2.75, 3.05) is 6.26 Å². The second kappa shape index (κ2) is 4.81. The number of nitrogens with zero attached hydrogens (tertiary/aromatic N) is 2. The Morgan fingerprint density at radius 1 is 1.27 bits per heavy atom. The van der Waals surface area contributed by atoms with Crippen LogP contribution in [0, 0.1) is 0 Å². The van der Waals surface area contributed by atoms with Gasteiger partial charge in [0.1, 0.15) is 0 Å². The molecule has 0 atom stereocenters. The molecule has 0 bridgehead atoms. The highest BCUT2D eigenvalue weighted by molar-refractivity contribution is 9.08. The zero-order chi connectivity index (χ0) is 10.7. The van der Waals surface area contributed by atoms with Gasteiger partial charge in [0.05, 0.1) is 0 Å². The molecule has 0 aliphatic rings. The van der Waals surface area contributed by atoms with Crippen LogP contribution in [0.5, 0.6) is 0 Å². The first-order valence-electron chi connectivity index (χ1n) is 4.36. The van der Waals surface area contributed by atoms with E-state index in [9.17, 15) is 0 Å². The molecule has 0 saturated heterocycles. The van der Waals surface area contributed by atoms with Gasteiger partial charge in [0.15, 0.2) is 0 Å². The van der Waals surface area contributed by atoms with Crippen molar-refractivity contribution in [3.63, 3.8) is 0 Å². The fourth-order valence-electron chi connectivity index (χ4n) is 1.15. The summed E-state index contributed by atoms with van der Waals surface area (Å²) in [5.74, 6) is 0.570. The SMILES string of the molecule is CSc1nnc(-c2ccc(CBr)cc2)o1. The summed E-state index contributed by atoms with van der Waals surface area (Å²) >= 11 is 4.84. The van der Waals surface area contributed by atoms with Crippen LogP contribution in [0.25, 0.3) is 11.5 Å². The van der Waals surface area contributed by atoms with Crippen molar-refractivity contribution >= 4 is 27.7 Å². The monoisotopic (exact) mass is 284 g/mol. The molecule has 0 unspecified atom stereocenters. The van der Waals surface area contributed by atoms with Crippen LogP contribution in [0.15, 0.2) is 33.9 Å². The Labute approximate surface area is 100 Å². The molecule has 1 aromatic carbocycles. The zero-order valence-electron chi connectivity index (χ0n) is 8.11. The number of halogens is 1. The van der Waals surface area contributed by atoms with Gasteiger partial charge in [0.2, 0.25) is 5.89 Å². The first kappa shape index (κ1) is 10.7. The van der Waals surface area contributed by atoms with Gasteiger partial charge in [-0.1, -0.05) is 39.8 Å². The summed E-state index contributed by atoms with van der Waals surface area (Å²) < 4.78 is 5.42. The van der Waals surface area contributed by atoms with Gasteiger partial charge in [-0.05, 0) is 24.0 Å². The molecule has 0 aliphatic carbocycles. The van der Waals surface area contributed by atoms with Crippen LogP contribution in [0.2, 0.25) is 0 Å². The second-order valence-corrected chi connectivity index (χ2v) is 4.23. The van der Waals surface area contributed by atoms with E-state index in [-0.39, 0.29) is 0 Å². The van der Waals surface area contributed by atoms with E-state index in [1.807, 2.05) is 30.5 Å². The standard InChI is InChI=1S/C10H9BrN2OS/c1-15-10-13-12-9(14-10)8-4-2-7(6-11)3-5-8/h2-5H,6H2,1H3. The number of alkyl halides is 1. The summed E-state index contributed by atoms with van der Waals surface area (Å²) in [5, 5.41) is 9.30. The lowest BCUT2D eigenvalue weighted by Gasteiger charge is -1.96. The lowest BCUT2D eigenvalue weighted by molar-refractivity contribution is 0.466. The van der Waals surface area contributed by atoms with E-state index in [4.69, 9.17) is 4.42 Å². The van der Waals surface area contributed by atoms with Crippen LogP contribution < -0.4 is 0 Å². The summed E-state index contributed by atoms with van der Waals surface area (Å²) in [6, 6.07) is 8.03. The Balaban J connectivity index is 2.28. The van der Waals surface area contributed by atoms with Gasteiger partial charge in [0, 0.05) is 10.9 Å². The van der Waals surface area contributed by atoms with Gasteiger partial charge in [-0.25, -0.2) is 0 Å². The maximum Gasteiger partial charge on any atom is 0.276 e. The summed E-state index contributed by atoms with van der Waals surface area (Å²) in [4.78, 5) is 0. The highest BCUT2D eigenvalue weighted by Gasteiger charge is 2.06. The number of aromatic nitrogens is 2. The molecule has 1 aromatic heterocycles. The Hall–Kier alpha value is -0.810. The molecular formula is C10H9BrN2OS. The van der Waals surface area contributed by atoms with Crippen molar-refractivity contribution in [1.29, 1.82) is 0 Å². The van der Waals surface area contributed by atoms with Crippen molar-refractivity contribution in [3.8, 4) is 11.5 Å². The summed E-state index contributed by atoms with van der Waals surface area (Å²) in [6.45, 7) is 0. The van der Waals surface area contributed by atoms with Crippen LogP contribution in [0.4, 0.5) is 0 Å². The van der Waals surface area contributed by atoms with Gasteiger partial charge in [-0.3, -0.25) is 0 Å². The predicted octanol–water partition coefficient (Wildman–Crippen LogP) is 3.35. The first-order valence-corrected chi connectivity index (χ1v) is 6.71. The van der Waals surface area contributed by atoms with E-state index >= 15 is 0 Å². The molecule has 15 heavy (non-hydrogen) atoms. The lowest BCUT2D eigenvalue weighted by atomic mass is 10.1. The third-order valence-corrected chi connectivity index (χ3v) is 3.10. The Bertz CT molecular complexity index is 441. The van der Waals surface area contributed by atoms with E-state index in [2.05, 4.69) is 26.1 Å². The van der Waals surface area contributed by atoms with Crippen LogP contribution in [-0.4, -0.2) is 16.5 Å². The molecule has 78 valence electrons. The number of hydrogen-bond donors (Lipinski definition) is 0. The highest BCUT2D eigenvalue weighted by atomic mass is 79.9. The van der Waals surface area contributed by atoms with Gasteiger partial charge in [-0.2, -0.15) is 0 Å². The zero-order valence-corrected chi connectivity index (χ0v) is 10.5. The van der Waals surface area contributed by atoms with E-state index in [1.54, 1.807) is 0 Å². The highest BCUT2D eigenvalue weighted by Crippen LogP contribution is 2.22. The number of thioether (sulfide) groups is 1. The average molecular weight is 285 g/mol. The summed E-state index contributed by atoms with van der Waals surface area (Å²) in [5.41, 5.74) is 2.18. The number of benzene rings is 1. The minimum absolute atomic E-state index is 0.570. The molecule has 0 amide bonds. The molecular weight excluding hydrogens is 276 g/mol. The molecule has 0 fully saturated rings. The van der Waals surface area contributed by atoms with Crippen molar-refractivity contribution in [2.24, 2.45) is 0 Å². The minimum Gasteiger partial charge on any atom is -0.411 e. The Morgan fingerprint density at radius 2 is 2.00 bits per heavy atom. The molecule has 0 aliphatic heterocycles. The third kappa shape index (κ3) is 2.41. The Kier molecular flexibility index (Phi) is 3.43. The van der Waals surface area contributed by atoms with Crippen LogP contribution >= 0.6 is 27.7 Å². The summed E-state index contributed by atoms with van der Waals surface area (Å²) in [6.07, 6.45) is 1.91. The van der Waals surface area contributed by atoms with Crippen LogP contribution in [0.1, 0.15) is 5.56 Å². The predicted molar refractivity (Wildman–Crippen MR) is 64.1 cm³/mol. The smallest absolute Gasteiger partial charge is 0.276 e. The molecule has 3 nitrogen and oxygen atoms in total. The number of rotatable bonds is 3. The maximum absolute atomic E-state index is 5.42. The van der Waals surface area contributed by atoms with Gasteiger partial charge < -0.3 is 4.42 Å². The normalized spacial score (nSPS) is 10.5. The molecule has 0 radical (unpaired) electrons. The van der Waals surface area contributed by atoms with E-state index in [0.29, 0.717) is 11.1 Å². The van der Waals surface area contributed by atoms with Crippen molar-refractivity contribution in [2.45, 2.75) is 10.6 Å². The minimum atomic E-state index is 0.570. The van der Waals surface area contributed by atoms with Crippen molar-refractivity contribution in [3.05, 3.63) is 29.8 Å². The second-order valence-electron chi connectivity index (χ2n) is 2.91. The third-order valence-electron chi connectivity index (χ3n) is 1.94. The molecule has 1 heterocycles. The summed E-state index contributed by atoms with van der Waals surface area (Å²) in [7, 11) is 0. The quantitative estimate of drug-likeness (QED) is 0.640. The van der Waals surface area contributed by atoms with E-state index < -0.39 is 0 Å². The van der Waals surface area contributed by atoms with Gasteiger partial charge in [-0.15, -0.1) is 10.2 Å². The van der Waals surface area contributed by atoms with Crippen molar-refractivity contribution in [1.82, 2.24) is 10.2 Å². The molecule has 2 rings (SSSR count). The van der Waals surface area contributed by atoms with Crippen molar-refractivity contribution < 1.29 is 4.42 Å². The maximum atomic E-state index is 5.42. The largest absolute Gasteiger partial charge is 0.411 e. The van der Waals surface area contributed by atoms with Gasteiger partial charge >= 0.3 is 0 Å².